The van der Waals surface area contributed by atoms with Crippen molar-refractivity contribution in [1.29, 1.82) is 0 Å². The molecule has 0 saturated carbocycles. The minimum atomic E-state index is -0.342. The van der Waals surface area contributed by atoms with E-state index in [1.54, 1.807) is 30.9 Å². The Hall–Kier alpha value is -1.90. The van der Waals surface area contributed by atoms with E-state index in [1.807, 2.05) is 4.90 Å². The summed E-state index contributed by atoms with van der Waals surface area (Å²) in [6.07, 6.45) is 4.52. The Morgan fingerprint density at radius 2 is 2.13 bits per heavy atom. The molecule has 2 aromatic heterocycles. The van der Waals surface area contributed by atoms with Gasteiger partial charge in [-0.3, -0.25) is 19.7 Å². The monoisotopic (exact) mass is 333 g/mol. The summed E-state index contributed by atoms with van der Waals surface area (Å²) in [5, 5.41) is 11.9. The molecular formula is C15H19N5O2S. The number of β-amino-alcohol motifs (C(OH)–C–C–N with tert-alkyl or cyclic N) is 1. The molecule has 122 valence electrons. The summed E-state index contributed by atoms with van der Waals surface area (Å²) in [7, 11) is 0. The van der Waals surface area contributed by atoms with Crippen molar-refractivity contribution < 1.29 is 9.90 Å². The molecule has 1 fully saturated rings. The number of piperazine rings is 1. The van der Waals surface area contributed by atoms with Crippen LogP contribution in [0.1, 0.15) is 17.4 Å². The van der Waals surface area contributed by atoms with Gasteiger partial charge in [-0.15, -0.1) is 11.3 Å². The number of aliphatic hydroxyl groups is 1. The second-order valence-corrected chi connectivity index (χ2v) is 6.43. The van der Waals surface area contributed by atoms with E-state index in [0.717, 1.165) is 13.1 Å². The maximum atomic E-state index is 12.5. The zero-order valence-corrected chi connectivity index (χ0v) is 13.7. The fourth-order valence-electron chi connectivity index (χ4n) is 2.57. The van der Waals surface area contributed by atoms with Gasteiger partial charge in [0.05, 0.1) is 12.3 Å². The number of aliphatic hydroxyl groups excluding tert-OH is 1. The highest BCUT2D eigenvalue weighted by atomic mass is 32.1. The fraction of sp³-hybridized carbons (Fsp3) is 0.467. The Morgan fingerprint density at radius 1 is 1.35 bits per heavy atom. The average molecular weight is 333 g/mol. The Bertz CT molecular complexity index is 653. The lowest BCUT2D eigenvalue weighted by Crippen LogP contribution is -2.50. The average Bonchev–Trinajstić information content (AvgIpc) is 3.05. The van der Waals surface area contributed by atoms with E-state index in [0.29, 0.717) is 36.0 Å². The molecule has 3 heterocycles. The van der Waals surface area contributed by atoms with E-state index in [4.69, 9.17) is 0 Å². The quantitative estimate of drug-likeness (QED) is 0.889. The Labute approximate surface area is 138 Å². The number of rotatable bonds is 4. The van der Waals surface area contributed by atoms with Gasteiger partial charge in [-0.25, -0.2) is 4.98 Å². The van der Waals surface area contributed by atoms with Gasteiger partial charge in [0.1, 0.15) is 16.4 Å². The first-order chi connectivity index (χ1) is 11.1. The first-order valence-corrected chi connectivity index (χ1v) is 8.43. The van der Waals surface area contributed by atoms with Crippen molar-refractivity contribution in [1.82, 2.24) is 24.8 Å². The van der Waals surface area contributed by atoms with Crippen LogP contribution in [0, 0.1) is 0 Å². The van der Waals surface area contributed by atoms with Crippen molar-refractivity contribution in [2.24, 2.45) is 0 Å². The predicted molar refractivity (Wildman–Crippen MR) is 87.2 cm³/mol. The first kappa shape index (κ1) is 16.0. The minimum Gasteiger partial charge on any atom is -0.392 e. The number of aromatic nitrogens is 3. The molecule has 0 unspecified atom stereocenters. The standard InChI is InChI=1S/C15H19N5O2S/c1-11(21)9-19-4-6-20(7-5-19)15(22)13-10-23-14(18-13)12-8-16-2-3-17-12/h2-3,8,10-11,21H,4-7,9H2,1H3/t11-/m0/s1. The Kier molecular flexibility index (Phi) is 4.94. The van der Waals surface area contributed by atoms with Gasteiger partial charge in [0.2, 0.25) is 0 Å². The summed E-state index contributed by atoms with van der Waals surface area (Å²) >= 11 is 1.40. The lowest BCUT2D eigenvalue weighted by atomic mass is 10.2. The summed E-state index contributed by atoms with van der Waals surface area (Å²) in [4.78, 5) is 29.1. The summed E-state index contributed by atoms with van der Waals surface area (Å²) in [5.74, 6) is -0.0481. The molecule has 0 spiro atoms. The molecule has 1 N–H and O–H groups in total. The van der Waals surface area contributed by atoms with Crippen LogP contribution in [0.25, 0.3) is 10.7 Å². The summed E-state index contributed by atoms with van der Waals surface area (Å²) in [6.45, 7) is 5.29. The van der Waals surface area contributed by atoms with Gasteiger partial charge in [-0.1, -0.05) is 0 Å². The molecule has 0 aliphatic carbocycles. The maximum Gasteiger partial charge on any atom is 0.273 e. The van der Waals surface area contributed by atoms with E-state index >= 15 is 0 Å². The third-order valence-electron chi connectivity index (χ3n) is 3.69. The normalized spacial score (nSPS) is 17.2. The fourth-order valence-corrected chi connectivity index (χ4v) is 3.32. The molecule has 7 nitrogen and oxygen atoms in total. The Balaban J connectivity index is 1.62. The molecule has 2 aromatic rings. The zero-order valence-electron chi connectivity index (χ0n) is 12.9. The van der Waals surface area contributed by atoms with Gasteiger partial charge in [0, 0.05) is 50.5 Å². The molecular weight excluding hydrogens is 314 g/mol. The van der Waals surface area contributed by atoms with Crippen LogP contribution in [0.3, 0.4) is 0 Å². The topological polar surface area (TPSA) is 82.5 Å². The minimum absolute atomic E-state index is 0.0481. The highest BCUT2D eigenvalue weighted by Gasteiger charge is 2.24. The van der Waals surface area contributed by atoms with Crippen LogP contribution < -0.4 is 0 Å². The van der Waals surface area contributed by atoms with Crippen molar-refractivity contribution in [3.63, 3.8) is 0 Å². The molecule has 1 aliphatic heterocycles. The number of nitrogens with zero attached hydrogens (tertiary/aromatic N) is 5. The zero-order chi connectivity index (χ0) is 16.2. The Morgan fingerprint density at radius 3 is 2.78 bits per heavy atom. The van der Waals surface area contributed by atoms with E-state index in [9.17, 15) is 9.90 Å². The molecule has 1 aliphatic rings. The SMILES string of the molecule is C[C@H](O)CN1CCN(C(=O)c2csc(-c3cnccn3)n2)CC1. The van der Waals surface area contributed by atoms with Crippen LogP contribution in [0.2, 0.25) is 0 Å². The lowest BCUT2D eigenvalue weighted by Gasteiger charge is -2.34. The number of hydrogen-bond donors (Lipinski definition) is 1. The second-order valence-electron chi connectivity index (χ2n) is 5.57. The van der Waals surface area contributed by atoms with Gasteiger partial charge >= 0.3 is 0 Å². The number of thiazole rings is 1. The van der Waals surface area contributed by atoms with Crippen molar-refractivity contribution in [3.05, 3.63) is 29.7 Å². The van der Waals surface area contributed by atoms with Gasteiger partial charge in [-0.2, -0.15) is 0 Å². The molecule has 3 rings (SSSR count). The molecule has 1 amide bonds. The van der Waals surface area contributed by atoms with Crippen molar-refractivity contribution in [2.45, 2.75) is 13.0 Å². The molecule has 8 heteroatoms. The molecule has 1 atom stereocenters. The van der Waals surface area contributed by atoms with Crippen LogP contribution >= 0.6 is 11.3 Å². The van der Waals surface area contributed by atoms with E-state index in [2.05, 4.69) is 19.9 Å². The number of carbonyl (C=O) groups is 1. The largest absolute Gasteiger partial charge is 0.392 e. The predicted octanol–water partition coefficient (Wildman–Crippen LogP) is 0.739. The van der Waals surface area contributed by atoms with Crippen molar-refractivity contribution >= 4 is 17.2 Å². The molecule has 1 saturated heterocycles. The summed E-state index contributed by atoms with van der Waals surface area (Å²) < 4.78 is 0. The van der Waals surface area contributed by atoms with E-state index in [1.165, 1.54) is 11.3 Å². The van der Waals surface area contributed by atoms with Crippen LogP contribution in [0.15, 0.2) is 24.0 Å². The summed E-state index contributed by atoms with van der Waals surface area (Å²) in [6, 6.07) is 0. The van der Waals surface area contributed by atoms with Gasteiger partial charge in [-0.05, 0) is 6.92 Å². The third kappa shape index (κ3) is 3.90. The smallest absolute Gasteiger partial charge is 0.273 e. The second kappa shape index (κ2) is 7.12. The van der Waals surface area contributed by atoms with Crippen LogP contribution in [-0.4, -0.2) is 74.6 Å². The van der Waals surface area contributed by atoms with E-state index in [-0.39, 0.29) is 12.0 Å². The van der Waals surface area contributed by atoms with Gasteiger partial charge in [0.15, 0.2) is 0 Å². The highest BCUT2D eigenvalue weighted by Crippen LogP contribution is 2.21. The van der Waals surface area contributed by atoms with Crippen LogP contribution in [0.5, 0.6) is 0 Å². The van der Waals surface area contributed by atoms with E-state index < -0.39 is 0 Å². The molecule has 0 bridgehead atoms. The highest BCUT2D eigenvalue weighted by molar-refractivity contribution is 7.13. The number of hydrogen-bond acceptors (Lipinski definition) is 7. The maximum absolute atomic E-state index is 12.5. The number of amides is 1. The first-order valence-electron chi connectivity index (χ1n) is 7.55. The molecule has 0 radical (unpaired) electrons. The van der Waals surface area contributed by atoms with Gasteiger partial charge < -0.3 is 10.0 Å². The third-order valence-corrected chi connectivity index (χ3v) is 4.55. The molecule has 0 aromatic carbocycles. The van der Waals surface area contributed by atoms with Crippen molar-refractivity contribution in [3.8, 4) is 10.7 Å². The van der Waals surface area contributed by atoms with Crippen LogP contribution in [-0.2, 0) is 0 Å². The summed E-state index contributed by atoms with van der Waals surface area (Å²) in [5.41, 5.74) is 1.14. The van der Waals surface area contributed by atoms with Crippen molar-refractivity contribution in [2.75, 3.05) is 32.7 Å². The van der Waals surface area contributed by atoms with Crippen LogP contribution in [0.4, 0.5) is 0 Å². The lowest BCUT2D eigenvalue weighted by molar-refractivity contribution is 0.0550. The molecule has 23 heavy (non-hydrogen) atoms. The van der Waals surface area contributed by atoms with Gasteiger partial charge in [0.25, 0.3) is 5.91 Å². The number of carbonyl (C=O) groups excluding carboxylic acids is 1.